The highest BCUT2D eigenvalue weighted by molar-refractivity contribution is 6.30. The van der Waals surface area contributed by atoms with E-state index in [0.29, 0.717) is 34.2 Å². The fourth-order valence-corrected chi connectivity index (χ4v) is 4.68. The first-order valence-corrected chi connectivity index (χ1v) is 11.1. The second kappa shape index (κ2) is 8.55. The Morgan fingerprint density at radius 3 is 3.03 bits per heavy atom. The number of nitrogens with one attached hydrogen (secondary N) is 1. The lowest BCUT2D eigenvalue weighted by Gasteiger charge is -2.36. The zero-order valence-electron chi connectivity index (χ0n) is 18.0. The van der Waals surface area contributed by atoms with Gasteiger partial charge in [-0.15, -0.1) is 5.73 Å². The lowest BCUT2D eigenvalue weighted by Crippen LogP contribution is -2.50. The van der Waals surface area contributed by atoms with Gasteiger partial charge < -0.3 is 15.0 Å². The summed E-state index contributed by atoms with van der Waals surface area (Å²) < 4.78 is 21.0. The molecule has 7 heteroatoms. The minimum atomic E-state index is -0.383. The Balaban J connectivity index is 1.51. The van der Waals surface area contributed by atoms with Crippen LogP contribution in [0.4, 0.5) is 4.39 Å². The van der Waals surface area contributed by atoms with E-state index in [2.05, 4.69) is 28.3 Å². The van der Waals surface area contributed by atoms with Gasteiger partial charge in [-0.25, -0.2) is 4.39 Å². The normalized spacial score (nSPS) is 24.5. The van der Waals surface area contributed by atoms with E-state index in [9.17, 15) is 4.39 Å². The third-order valence-electron chi connectivity index (χ3n) is 6.09. The van der Waals surface area contributed by atoms with Crippen molar-refractivity contribution in [3.63, 3.8) is 0 Å². The van der Waals surface area contributed by atoms with Crippen LogP contribution in [0.5, 0.6) is 0 Å². The van der Waals surface area contributed by atoms with Crippen molar-refractivity contribution < 1.29 is 9.13 Å². The van der Waals surface area contributed by atoms with E-state index in [0.717, 1.165) is 29.5 Å². The van der Waals surface area contributed by atoms with E-state index in [1.165, 1.54) is 6.07 Å². The van der Waals surface area contributed by atoms with Crippen molar-refractivity contribution in [2.75, 3.05) is 13.7 Å². The molecule has 0 amide bonds. The van der Waals surface area contributed by atoms with Gasteiger partial charge in [0.05, 0.1) is 22.8 Å². The van der Waals surface area contributed by atoms with Crippen LogP contribution in [0.2, 0.25) is 5.02 Å². The van der Waals surface area contributed by atoms with Crippen LogP contribution in [-0.2, 0) is 4.74 Å². The van der Waals surface area contributed by atoms with Crippen molar-refractivity contribution in [1.29, 1.82) is 0 Å². The number of hydrogen-bond acceptors (Lipinski definition) is 5. The molecule has 0 saturated carbocycles. The molecule has 1 N–H and O–H groups in total. The second-order valence-electron chi connectivity index (χ2n) is 8.46. The smallest absolute Gasteiger partial charge is 0.134 e. The molecule has 1 aromatic heterocycles. The molecule has 2 aromatic rings. The van der Waals surface area contributed by atoms with Crippen LogP contribution in [0.25, 0.3) is 11.8 Å². The summed E-state index contributed by atoms with van der Waals surface area (Å²) in [6.07, 6.45) is 11.5. The van der Waals surface area contributed by atoms with E-state index >= 15 is 0 Å². The molecule has 3 atom stereocenters. The summed E-state index contributed by atoms with van der Waals surface area (Å²) in [6, 6.07) is 4.70. The molecular formula is C25H24ClFN4O. The maximum Gasteiger partial charge on any atom is 0.134 e. The Bertz CT molecular complexity index is 1280. The average molecular weight is 451 g/mol. The van der Waals surface area contributed by atoms with Gasteiger partial charge in [-0.2, -0.15) is 0 Å². The monoisotopic (exact) mass is 450 g/mol. The first-order valence-electron chi connectivity index (χ1n) is 10.7. The van der Waals surface area contributed by atoms with Crippen molar-refractivity contribution in [3.8, 4) is 0 Å². The largest absolute Gasteiger partial charge is 0.376 e. The summed E-state index contributed by atoms with van der Waals surface area (Å²) in [5.74, 6) is -0.0914. The molecule has 32 heavy (non-hydrogen) atoms. The Morgan fingerprint density at radius 1 is 1.34 bits per heavy atom. The molecule has 0 spiro atoms. The molecular weight excluding hydrogens is 427 g/mol. The van der Waals surface area contributed by atoms with Gasteiger partial charge in [-0.3, -0.25) is 9.97 Å². The molecule has 4 heterocycles. The van der Waals surface area contributed by atoms with Crippen LogP contribution >= 0.6 is 11.6 Å². The van der Waals surface area contributed by atoms with Crippen LogP contribution in [0.1, 0.15) is 24.1 Å². The van der Waals surface area contributed by atoms with Gasteiger partial charge in [-0.1, -0.05) is 11.6 Å². The molecule has 5 nitrogen and oxygen atoms in total. The number of ether oxygens (including phenoxy) is 1. The number of hydrogen-bond donors (Lipinski definition) is 1. The fourth-order valence-electron chi connectivity index (χ4n) is 4.52. The second-order valence-corrected chi connectivity index (χ2v) is 8.90. The number of fused-ring (bicyclic) bond motifs is 1. The van der Waals surface area contributed by atoms with Gasteiger partial charge in [0.25, 0.3) is 0 Å². The van der Waals surface area contributed by atoms with E-state index in [4.69, 9.17) is 21.3 Å². The number of rotatable bonds is 3. The first-order chi connectivity index (χ1) is 15.5. The number of aryl methyl sites for hydroxylation is 1. The van der Waals surface area contributed by atoms with Crippen LogP contribution in [-0.4, -0.2) is 40.7 Å². The summed E-state index contributed by atoms with van der Waals surface area (Å²) in [7, 11) is 1.98. The summed E-state index contributed by atoms with van der Waals surface area (Å²) in [5, 5.41) is 5.36. The lowest BCUT2D eigenvalue weighted by atomic mass is 9.84. The molecule has 5 rings (SSSR count). The van der Waals surface area contributed by atoms with Gasteiger partial charge in [0, 0.05) is 54.5 Å². The van der Waals surface area contributed by atoms with Gasteiger partial charge in [0.15, 0.2) is 0 Å². The molecule has 1 saturated heterocycles. The predicted molar refractivity (Wildman–Crippen MR) is 122 cm³/mol. The maximum atomic E-state index is 14.9. The summed E-state index contributed by atoms with van der Waals surface area (Å²) in [5.41, 5.74) is 6.20. The molecule has 0 radical (unpaired) electrons. The molecule has 164 valence electrons. The zero-order chi connectivity index (χ0) is 22.2. The molecule has 0 aliphatic carbocycles. The Kier molecular flexibility index (Phi) is 5.60. The van der Waals surface area contributed by atoms with Crippen LogP contribution < -0.4 is 16.0 Å². The van der Waals surface area contributed by atoms with Gasteiger partial charge in [0.2, 0.25) is 0 Å². The van der Waals surface area contributed by atoms with E-state index in [1.807, 2.05) is 31.1 Å². The topological polar surface area (TPSA) is 50.3 Å². The molecule has 1 unspecified atom stereocenters. The molecule has 3 aliphatic heterocycles. The van der Waals surface area contributed by atoms with Crippen molar-refractivity contribution >= 4 is 23.4 Å². The first kappa shape index (κ1) is 21.0. The van der Waals surface area contributed by atoms with E-state index in [1.54, 1.807) is 18.3 Å². The van der Waals surface area contributed by atoms with Crippen molar-refractivity contribution in [2.24, 2.45) is 5.92 Å². The fraction of sp³-hybridized carbons (Fsp3) is 0.320. The van der Waals surface area contributed by atoms with Crippen LogP contribution in [0, 0.1) is 18.7 Å². The van der Waals surface area contributed by atoms with Crippen molar-refractivity contribution in [2.45, 2.75) is 31.9 Å². The quantitative estimate of drug-likeness (QED) is 0.729. The molecule has 3 aliphatic rings. The lowest BCUT2D eigenvalue weighted by molar-refractivity contribution is 0.0108. The average Bonchev–Trinajstić information content (AvgIpc) is 2.78. The van der Waals surface area contributed by atoms with Crippen LogP contribution in [0.15, 0.2) is 54.2 Å². The van der Waals surface area contributed by atoms with Crippen molar-refractivity contribution in [3.05, 3.63) is 87.0 Å². The van der Waals surface area contributed by atoms with Crippen molar-refractivity contribution in [1.82, 2.24) is 20.2 Å². The zero-order valence-corrected chi connectivity index (χ0v) is 18.7. The molecule has 1 aromatic carbocycles. The third kappa shape index (κ3) is 4.09. The highest BCUT2D eigenvalue weighted by Crippen LogP contribution is 2.31. The van der Waals surface area contributed by atoms with Gasteiger partial charge >= 0.3 is 0 Å². The number of nitrogens with zero attached hydrogens (tertiary/aromatic N) is 3. The predicted octanol–water partition coefficient (Wildman–Crippen LogP) is 2.78. The summed E-state index contributed by atoms with van der Waals surface area (Å²) in [4.78, 5) is 11.3. The van der Waals surface area contributed by atoms with Gasteiger partial charge in [-0.05, 0) is 56.0 Å². The summed E-state index contributed by atoms with van der Waals surface area (Å²) in [6.45, 7) is 2.58. The number of aromatic nitrogens is 2. The summed E-state index contributed by atoms with van der Waals surface area (Å²) >= 11 is 5.99. The Labute approximate surface area is 191 Å². The maximum absolute atomic E-state index is 14.9. The highest BCUT2D eigenvalue weighted by Gasteiger charge is 2.32. The van der Waals surface area contributed by atoms with Gasteiger partial charge in [0.1, 0.15) is 11.2 Å². The minimum Gasteiger partial charge on any atom is -0.376 e. The Morgan fingerprint density at radius 2 is 2.22 bits per heavy atom. The highest BCUT2D eigenvalue weighted by atomic mass is 35.5. The SMILES string of the molecule is Cc1cnc2c(n1)=CC([C@H]1CCO[C@@H](C3=CN(C)C=C=C3)C1)NC=2c1ccc(Cl)cc1F. The molecule has 0 bridgehead atoms. The minimum absolute atomic E-state index is 0.00620. The standard InChI is InChI=1S/C25H24ClFN4O/c1-15-13-28-25-22(29-15)12-21(30-24(25)19-6-5-18(26)11-20(19)27)16-7-9-32-23(10-16)17-4-3-8-31(2)14-17/h4-6,8,11-14,16,21,23,30H,7,9-10H2,1-2H3/t16-,21?,23+/m0/s1. The van der Waals surface area contributed by atoms with E-state index < -0.39 is 0 Å². The number of halogens is 2. The molecule has 1 fully saturated rings. The Hall–Kier alpha value is -2.92. The van der Waals surface area contributed by atoms with Crippen LogP contribution in [0.3, 0.4) is 0 Å². The number of benzene rings is 1. The third-order valence-corrected chi connectivity index (χ3v) is 6.33. The van der Waals surface area contributed by atoms with E-state index in [-0.39, 0.29) is 18.0 Å².